The normalized spacial score (nSPS) is 23.4. The van der Waals surface area contributed by atoms with Gasteiger partial charge in [0.05, 0.1) is 56.0 Å². The molecule has 1 spiro atoms. The fraction of sp³-hybridized carbons (Fsp3) is 0.536. The summed E-state index contributed by atoms with van der Waals surface area (Å²) in [6.07, 6.45) is 1.42. The summed E-state index contributed by atoms with van der Waals surface area (Å²) in [5.74, 6) is -0.681. The van der Waals surface area contributed by atoms with Gasteiger partial charge in [-0.15, -0.1) is 0 Å². The number of ether oxygens (including phenoxy) is 3. The number of alkyl carbamates (subject to hydrolysis) is 1. The molecule has 5 rings (SSSR count). The Bertz CT molecular complexity index is 1270. The van der Waals surface area contributed by atoms with Gasteiger partial charge >= 0.3 is 13.2 Å². The number of hydrogen-bond acceptors (Lipinski definition) is 8. The van der Waals surface area contributed by atoms with E-state index in [1.807, 2.05) is 52.0 Å². The molecule has 3 saturated heterocycles. The lowest BCUT2D eigenvalue weighted by Gasteiger charge is -2.32. The summed E-state index contributed by atoms with van der Waals surface area (Å²) in [5.41, 5.74) is 2.28. The van der Waals surface area contributed by atoms with Gasteiger partial charge < -0.3 is 38.7 Å². The van der Waals surface area contributed by atoms with Crippen LogP contribution >= 0.6 is 0 Å². The molecule has 0 unspecified atom stereocenters. The average molecular weight is 552 g/mol. The predicted molar refractivity (Wildman–Crippen MR) is 148 cm³/mol. The van der Waals surface area contributed by atoms with Crippen LogP contribution in [0.4, 0.5) is 4.79 Å². The Morgan fingerprint density at radius 2 is 1.77 bits per heavy atom. The molecule has 11 nitrogen and oxygen atoms in total. The highest BCUT2D eigenvalue weighted by molar-refractivity contribution is 6.62. The van der Waals surface area contributed by atoms with E-state index in [4.69, 9.17) is 23.5 Å². The minimum absolute atomic E-state index is 0.196. The first kappa shape index (κ1) is 28.3. The maximum absolute atomic E-state index is 13.7. The third kappa shape index (κ3) is 5.16. The summed E-state index contributed by atoms with van der Waals surface area (Å²) in [7, 11) is 0.798. The summed E-state index contributed by atoms with van der Waals surface area (Å²) < 4.78 is 28.9. The molecule has 0 bridgehead atoms. The number of hydrogen-bond donors (Lipinski definition) is 2. The molecule has 2 N–H and O–H groups in total. The van der Waals surface area contributed by atoms with E-state index in [1.54, 1.807) is 18.0 Å². The van der Waals surface area contributed by atoms with Gasteiger partial charge in [-0.25, -0.2) is 9.78 Å². The van der Waals surface area contributed by atoms with Crippen LogP contribution in [0, 0.1) is 0 Å². The van der Waals surface area contributed by atoms with E-state index < -0.39 is 42.3 Å². The largest absolute Gasteiger partial charge is 0.494 e. The number of H-pyrrole nitrogens is 1. The first-order valence-corrected chi connectivity index (χ1v) is 13.4. The van der Waals surface area contributed by atoms with Crippen LogP contribution in [0.15, 0.2) is 42.6 Å². The molecule has 2 amide bonds. The highest BCUT2D eigenvalue weighted by atomic mass is 16.7. The number of nitrogens with zero attached hydrogens (tertiary/aromatic N) is 2. The first-order chi connectivity index (χ1) is 18.8. The zero-order valence-electron chi connectivity index (χ0n) is 23.9. The number of nitrogens with one attached hydrogen (secondary N) is 2. The fourth-order valence-corrected chi connectivity index (χ4v) is 5.21. The molecule has 0 saturated carbocycles. The van der Waals surface area contributed by atoms with E-state index in [-0.39, 0.29) is 12.5 Å². The van der Waals surface area contributed by atoms with Crippen molar-refractivity contribution in [2.45, 2.75) is 70.1 Å². The van der Waals surface area contributed by atoms with Gasteiger partial charge in [0, 0.05) is 6.42 Å². The smallest absolute Gasteiger partial charge is 0.453 e. The number of aromatic amines is 1. The van der Waals surface area contributed by atoms with E-state index in [1.165, 1.54) is 7.11 Å². The molecule has 3 aliphatic heterocycles. The number of carbonyl (C=O) groups is 2. The van der Waals surface area contributed by atoms with Crippen molar-refractivity contribution in [1.29, 1.82) is 0 Å². The van der Waals surface area contributed by atoms with Gasteiger partial charge in [0.1, 0.15) is 11.9 Å². The quantitative estimate of drug-likeness (QED) is 0.414. The highest BCUT2D eigenvalue weighted by Gasteiger charge is 2.53. The van der Waals surface area contributed by atoms with E-state index in [9.17, 15) is 9.59 Å². The molecule has 0 aliphatic carbocycles. The minimum atomic E-state index is -0.969. The summed E-state index contributed by atoms with van der Waals surface area (Å²) in [5, 5.41) is 2.58. The topological polar surface area (TPSA) is 124 Å². The second-order valence-corrected chi connectivity index (χ2v) is 11.6. The number of benzene rings is 1. The monoisotopic (exact) mass is 552 g/mol. The lowest BCUT2D eigenvalue weighted by atomic mass is 9.79. The van der Waals surface area contributed by atoms with Crippen molar-refractivity contribution in [1.82, 2.24) is 20.2 Å². The number of amides is 2. The Morgan fingerprint density at radius 3 is 2.35 bits per heavy atom. The van der Waals surface area contributed by atoms with Crippen LogP contribution in [-0.2, 0) is 28.3 Å². The van der Waals surface area contributed by atoms with E-state index in [0.717, 1.165) is 16.7 Å². The van der Waals surface area contributed by atoms with Gasteiger partial charge in [0.15, 0.2) is 5.79 Å². The van der Waals surface area contributed by atoms with Crippen molar-refractivity contribution in [3.8, 4) is 11.3 Å². The molecule has 3 fully saturated rings. The Labute approximate surface area is 234 Å². The number of methoxy groups -OCH3 is 1. The second-order valence-electron chi connectivity index (χ2n) is 11.6. The van der Waals surface area contributed by atoms with Crippen LogP contribution in [0.1, 0.15) is 52.9 Å². The third-order valence-corrected chi connectivity index (χ3v) is 8.23. The Kier molecular flexibility index (Phi) is 7.32. The van der Waals surface area contributed by atoms with E-state index in [2.05, 4.69) is 21.9 Å². The molecule has 0 radical (unpaired) electrons. The zero-order chi connectivity index (χ0) is 28.9. The second kappa shape index (κ2) is 10.3. The van der Waals surface area contributed by atoms with Crippen molar-refractivity contribution in [2.24, 2.45) is 0 Å². The predicted octanol–water partition coefficient (Wildman–Crippen LogP) is 2.69. The van der Waals surface area contributed by atoms with Crippen LogP contribution in [0.2, 0.25) is 0 Å². The molecule has 12 heteroatoms. The molecule has 214 valence electrons. The zero-order valence-corrected chi connectivity index (χ0v) is 23.9. The van der Waals surface area contributed by atoms with E-state index in [0.29, 0.717) is 31.0 Å². The Balaban J connectivity index is 1.38. The average Bonchev–Trinajstić information content (AvgIpc) is 3.69. The summed E-state index contributed by atoms with van der Waals surface area (Å²) >= 11 is 0. The van der Waals surface area contributed by atoms with Crippen LogP contribution in [0.3, 0.4) is 0 Å². The number of aromatic nitrogens is 2. The van der Waals surface area contributed by atoms with Crippen LogP contribution < -0.4 is 10.8 Å². The van der Waals surface area contributed by atoms with Crippen molar-refractivity contribution in [3.05, 3.63) is 48.4 Å². The van der Waals surface area contributed by atoms with Gasteiger partial charge in [-0.05, 0) is 51.2 Å². The Hall–Kier alpha value is -3.19. The number of likely N-dealkylation sites (tertiary alicyclic amines) is 1. The molecule has 2 aromatic rings. The van der Waals surface area contributed by atoms with Crippen molar-refractivity contribution >= 4 is 24.6 Å². The molecule has 4 heterocycles. The van der Waals surface area contributed by atoms with Gasteiger partial charge in [-0.1, -0.05) is 30.8 Å². The van der Waals surface area contributed by atoms with Crippen molar-refractivity contribution in [2.75, 3.05) is 26.9 Å². The summed E-state index contributed by atoms with van der Waals surface area (Å²) in [6.45, 7) is 14.8. The van der Waals surface area contributed by atoms with E-state index >= 15 is 0 Å². The van der Waals surface area contributed by atoms with Crippen LogP contribution in [0.5, 0.6) is 0 Å². The maximum atomic E-state index is 13.7. The number of carbonyl (C=O) groups excluding carboxylic acids is 2. The SMILES string of the molecule is C=C(C)[C@H](NC(=O)OC)C(=O)N1CC2(C[C@H]1c1ncc(-c3ccc(B4OC(C)(C)C(C)(C)O4)cc3)[nH]1)OCCO2. The van der Waals surface area contributed by atoms with Gasteiger partial charge in [-0.2, -0.15) is 0 Å². The summed E-state index contributed by atoms with van der Waals surface area (Å²) in [6, 6.07) is 6.49. The van der Waals surface area contributed by atoms with Crippen molar-refractivity contribution < 1.29 is 33.1 Å². The Morgan fingerprint density at radius 1 is 1.15 bits per heavy atom. The molecule has 1 aromatic carbocycles. The molecule has 1 aromatic heterocycles. The summed E-state index contributed by atoms with van der Waals surface area (Å²) in [4.78, 5) is 35.3. The van der Waals surface area contributed by atoms with Crippen LogP contribution in [0.25, 0.3) is 11.3 Å². The van der Waals surface area contributed by atoms with Gasteiger partial charge in [0.25, 0.3) is 0 Å². The highest BCUT2D eigenvalue weighted by Crippen LogP contribution is 2.42. The fourth-order valence-electron chi connectivity index (χ4n) is 5.21. The van der Waals surface area contributed by atoms with Gasteiger partial charge in [-0.3, -0.25) is 4.79 Å². The third-order valence-electron chi connectivity index (χ3n) is 8.23. The maximum Gasteiger partial charge on any atom is 0.494 e. The molecule has 40 heavy (non-hydrogen) atoms. The number of rotatable bonds is 6. The molecule has 2 atom stereocenters. The molecular formula is C28H37BN4O7. The number of imidazole rings is 1. The van der Waals surface area contributed by atoms with Crippen molar-refractivity contribution in [3.63, 3.8) is 0 Å². The van der Waals surface area contributed by atoms with Gasteiger partial charge in [0.2, 0.25) is 5.91 Å². The minimum Gasteiger partial charge on any atom is -0.453 e. The lowest BCUT2D eigenvalue weighted by Crippen LogP contribution is -2.50. The molecular weight excluding hydrogens is 515 g/mol. The lowest BCUT2D eigenvalue weighted by molar-refractivity contribution is -0.152. The first-order valence-electron chi connectivity index (χ1n) is 13.4. The van der Waals surface area contributed by atoms with Crippen LogP contribution in [-0.4, -0.2) is 83.9 Å². The standard InChI is InChI=1S/C28H37BN4O7/c1-17(2)22(32-25(35)36-7)24(34)33-16-28(37-12-13-38-28)14-21(33)23-30-15-20(31-23)18-8-10-19(11-9-18)29-39-26(3,4)27(5,6)40-29/h8-11,15,21-22H,1,12-14,16H2,2-7H3,(H,30,31)(H,32,35)/t21-,22-/m0/s1. The molecule has 3 aliphatic rings.